The Balaban J connectivity index is 2.22. The zero-order chi connectivity index (χ0) is 20.9. The predicted molar refractivity (Wildman–Crippen MR) is 109 cm³/mol. The average Bonchev–Trinajstić information content (AvgIpc) is 2.64. The van der Waals surface area contributed by atoms with Gasteiger partial charge in [0.2, 0.25) is 10.0 Å². The third-order valence-corrected chi connectivity index (χ3v) is 5.97. The second kappa shape index (κ2) is 9.39. The van der Waals surface area contributed by atoms with E-state index in [1.165, 1.54) is 12.1 Å². The van der Waals surface area contributed by atoms with Crippen molar-refractivity contribution < 1.29 is 13.2 Å². The highest BCUT2D eigenvalue weighted by Crippen LogP contribution is 2.28. The van der Waals surface area contributed by atoms with Gasteiger partial charge in [-0.1, -0.05) is 49.2 Å². The van der Waals surface area contributed by atoms with Crippen LogP contribution in [-0.2, 0) is 16.6 Å². The van der Waals surface area contributed by atoms with Crippen LogP contribution < -0.4 is 10.0 Å². The molecule has 0 atom stereocenters. The first kappa shape index (κ1) is 22.2. The van der Waals surface area contributed by atoms with Gasteiger partial charge in [-0.05, 0) is 35.7 Å². The molecule has 28 heavy (non-hydrogen) atoms. The zero-order valence-electron chi connectivity index (χ0n) is 15.3. The summed E-state index contributed by atoms with van der Waals surface area (Å²) in [6.07, 6.45) is 0. The Hall–Kier alpha value is -2.11. The smallest absolute Gasteiger partial charge is 0.253 e. The van der Waals surface area contributed by atoms with Crippen molar-refractivity contribution in [2.45, 2.75) is 25.3 Å². The Bertz CT molecular complexity index is 1010. The Morgan fingerprint density at radius 1 is 1.14 bits per heavy atom. The molecule has 0 aliphatic rings. The Labute approximate surface area is 174 Å². The molecule has 0 heterocycles. The van der Waals surface area contributed by atoms with Crippen LogP contribution >= 0.6 is 23.2 Å². The number of rotatable bonds is 7. The van der Waals surface area contributed by atoms with Crippen molar-refractivity contribution in [3.05, 3.63) is 63.1 Å². The van der Waals surface area contributed by atoms with E-state index >= 15 is 0 Å². The first-order chi connectivity index (χ1) is 13.1. The number of halogens is 2. The molecular weight excluding hydrogens is 421 g/mol. The largest absolute Gasteiger partial charge is 0.348 e. The van der Waals surface area contributed by atoms with Gasteiger partial charge in [-0.15, -0.1) is 0 Å². The quantitative estimate of drug-likeness (QED) is 0.686. The fraction of sp³-hybridized carbons (Fsp3) is 0.263. The molecule has 6 nitrogen and oxygen atoms in total. The molecule has 0 saturated carbocycles. The Morgan fingerprint density at radius 2 is 1.79 bits per heavy atom. The van der Waals surface area contributed by atoms with Crippen molar-refractivity contribution in [2.24, 2.45) is 5.92 Å². The van der Waals surface area contributed by atoms with Gasteiger partial charge in [0.25, 0.3) is 5.91 Å². The first-order valence-electron chi connectivity index (χ1n) is 8.40. The highest BCUT2D eigenvalue weighted by molar-refractivity contribution is 7.89. The Kier molecular flexibility index (Phi) is 7.44. The number of hydrogen-bond acceptors (Lipinski definition) is 4. The summed E-state index contributed by atoms with van der Waals surface area (Å²) in [6, 6.07) is 11.1. The van der Waals surface area contributed by atoms with E-state index in [-0.39, 0.29) is 39.5 Å². The van der Waals surface area contributed by atoms with Crippen molar-refractivity contribution in [1.29, 1.82) is 5.26 Å². The molecule has 0 saturated heterocycles. The molecule has 2 rings (SSSR count). The van der Waals surface area contributed by atoms with Crippen molar-refractivity contribution >= 4 is 39.1 Å². The predicted octanol–water partition coefficient (Wildman–Crippen LogP) is 3.73. The molecule has 2 aromatic rings. The van der Waals surface area contributed by atoms with E-state index in [1.807, 2.05) is 19.9 Å². The molecule has 148 valence electrons. The minimum Gasteiger partial charge on any atom is -0.348 e. The highest BCUT2D eigenvalue weighted by atomic mass is 35.5. The van der Waals surface area contributed by atoms with Crippen LogP contribution in [0.1, 0.15) is 35.3 Å². The third-order valence-electron chi connectivity index (χ3n) is 3.77. The van der Waals surface area contributed by atoms with Gasteiger partial charge in [-0.2, -0.15) is 5.26 Å². The number of benzene rings is 2. The summed E-state index contributed by atoms with van der Waals surface area (Å²) in [5.74, 6) is -0.428. The summed E-state index contributed by atoms with van der Waals surface area (Å²) < 4.78 is 27.4. The lowest BCUT2D eigenvalue weighted by atomic mass is 10.1. The van der Waals surface area contributed by atoms with Crippen LogP contribution in [0, 0.1) is 17.2 Å². The molecule has 0 fully saturated rings. The maximum atomic E-state index is 12.5. The second-order valence-electron chi connectivity index (χ2n) is 6.50. The van der Waals surface area contributed by atoms with Gasteiger partial charge in [0, 0.05) is 13.1 Å². The minimum atomic E-state index is -3.88. The van der Waals surface area contributed by atoms with Crippen LogP contribution in [0.4, 0.5) is 0 Å². The van der Waals surface area contributed by atoms with E-state index in [1.54, 1.807) is 24.3 Å². The number of sulfonamides is 1. The second-order valence-corrected chi connectivity index (χ2v) is 9.05. The number of amides is 1. The van der Waals surface area contributed by atoms with E-state index in [9.17, 15) is 13.2 Å². The fourth-order valence-corrected chi connectivity index (χ4v) is 4.31. The monoisotopic (exact) mass is 439 g/mol. The maximum Gasteiger partial charge on any atom is 0.253 e. The summed E-state index contributed by atoms with van der Waals surface area (Å²) >= 11 is 12.1. The lowest BCUT2D eigenvalue weighted by Crippen LogP contribution is -2.28. The first-order valence-corrected chi connectivity index (χ1v) is 10.6. The van der Waals surface area contributed by atoms with Crippen LogP contribution in [0.25, 0.3) is 0 Å². The molecule has 1 amide bonds. The molecule has 2 N–H and O–H groups in total. The van der Waals surface area contributed by atoms with Crippen molar-refractivity contribution in [1.82, 2.24) is 10.0 Å². The summed E-state index contributed by atoms with van der Waals surface area (Å²) in [5, 5.41) is 11.5. The van der Waals surface area contributed by atoms with E-state index in [2.05, 4.69) is 10.0 Å². The standard InChI is InChI=1S/C19H19Cl2N3O3S/c1-12(2)10-24-28(26,27)18-7-15(16(20)8-17(18)21)19(25)23-11-14-5-3-13(9-22)4-6-14/h3-8,12,24H,10-11H2,1-2H3,(H,23,25). The molecule has 0 aromatic heterocycles. The number of carbonyl (C=O) groups is 1. The minimum absolute atomic E-state index is 0.00429. The van der Waals surface area contributed by atoms with Gasteiger partial charge in [0.1, 0.15) is 4.90 Å². The molecule has 0 bridgehead atoms. The fourth-order valence-electron chi connectivity index (χ4n) is 2.24. The molecule has 9 heteroatoms. The highest BCUT2D eigenvalue weighted by Gasteiger charge is 2.22. The summed E-state index contributed by atoms with van der Waals surface area (Å²) in [6.45, 7) is 4.17. The molecule has 2 aromatic carbocycles. The van der Waals surface area contributed by atoms with Gasteiger partial charge in [0.15, 0.2) is 0 Å². The molecule has 0 aliphatic heterocycles. The van der Waals surface area contributed by atoms with Crippen LogP contribution in [-0.4, -0.2) is 20.9 Å². The SMILES string of the molecule is CC(C)CNS(=O)(=O)c1cc(C(=O)NCc2ccc(C#N)cc2)c(Cl)cc1Cl. The topological polar surface area (TPSA) is 99.1 Å². The van der Waals surface area contributed by atoms with Gasteiger partial charge in [-0.25, -0.2) is 13.1 Å². The summed E-state index contributed by atoms with van der Waals surface area (Å²) in [4.78, 5) is 12.3. The van der Waals surface area contributed by atoms with Gasteiger partial charge >= 0.3 is 0 Å². The van der Waals surface area contributed by atoms with Crippen molar-refractivity contribution in [3.63, 3.8) is 0 Å². The third kappa shape index (κ3) is 5.69. The Morgan fingerprint density at radius 3 is 2.36 bits per heavy atom. The number of nitrogens with zero attached hydrogens (tertiary/aromatic N) is 1. The van der Waals surface area contributed by atoms with Crippen LogP contribution in [0.5, 0.6) is 0 Å². The molecule has 0 radical (unpaired) electrons. The van der Waals surface area contributed by atoms with Crippen LogP contribution in [0.2, 0.25) is 10.0 Å². The lowest BCUT2D eigenvalue weighted by molar-refractivity contribution is 0.0951. The van der Waals surface area contributed by atoms with Crippen molar-refractivity contribution in [2.75, 3.05) is 6.54 Å². The number of carbonyl (C=O) groups excluding carboxylic acids is 1. The molecule has 0 aliphatic carbocycles. The number of nitriles is 1. The van der Waals surface area contributed by atoms with Gasteiger partial charge in [0.05, 0.1) is 27.2 Å². The van der Waals surface area contributed by atoms with E-state index in [0.717, 1.165) is 5.56 Å². The molecular formula is C19H19Cl2N3O3S. The average molecular weight is 440 g/mol. The van der Waals surface area contributed by atoms with Crippen molar-refractivity contribution in [3.8, 4) is 6.07 Å². The number of hydrogen-bond donors (Lipinski definition) is 2. The maximum absolute atomic E-state index is 12.5. The van der Waals surface area contributed by atoms with Crippen LogP contribution in [0.15, 0.2) is 41.3 Å². The summed E-state index contributed by atoms with van der Waals surface area (Å²) in [7, 11) is -3.88. The molecule has 0 unspecified atom stereocenters. The van der Waals surface area contributed by atoms with Gasteiger partial charge in [-0.3, -0.25) is 4.79 Å². The van der Waals surface area contributed by atoms with Crippen LogP contribution in [0.3, 0.4) is 0 Å². The lowest BCUT2D eigenvalue weighted by Gasteiger charge is -2.13. The number of nitrogens with one attached hydrogen (secondary N) is 2. The zero-order valence-corrected chi connectivity index (χ0v) is 17.6. The summed E-state index contributed by atoms with van der Waals surface area (Å²) in [5.41, 5.74) is 1.30. The molecule has 0 spiro atoms. The van der Waals surface area contributed by atoms with E-state index < -0.39 is 15.9 Å². The van der Waals surface area contributed by atoms with E-state index in [0.29, 0.717) is 5.56 Å². The van der Waals surface area contributed by atoms with Gasteiger partial charge < -0.3 is 5.32 Å². The van der Waals surface area contributed by atoms with E-state index in [4.69, 9.17) is 28.5 Å². The normalized spacial score (nSPS) is 11.3.